The molecule has 0 aliphatic heterocycles. The molecule has 4 aliphatic carbocycles. The molecular formula is C32H50O. The second-order valence-corrected chi connectivity index (χ2v) is 13.7. The van der Waals surface area contributed by atoms with Gasteiger partial charge in [-0.25, -0.2) is 0 Å². The smallest absolute Gasteiger partial charge is 0.142 e. The highest BCUT2D eigenvalue weighted by Crippen LogP contribution is 2.67. The summed E-state index contributed by atoms with van der Waals surface area (Å²) in [6.45, 7) is 20.8. The van der Waals surface area contributed by atoms with Crippen LogP contribution in [0.1, 0.15) is 113 Å². The summed E-state index contributed by atoms with van der Waals surface area (Å²) in [5.74, 6) is 3.54. The summed E-state index contributed by atoms with van der Waals surface area (Å²) in [5.41, 5.74) is 5.49. The van der Waals surface area contributed by atoms with Crippen LogP contribution in [-0.2, 0) is 4.79 Å². The first-order valence-electron chi connectivity index (χ1n) is 14.1. The molecule has 0 bridgehead atoms. The molecule has 1 fully saturated rings. The summed E-state index contributed by atoms with van der Waals surface area (Å²) in [4.78, 5) is 13.4. The molecule has 6 atom stereocenters. The van der Waals surface area contributed by atoms with E-state index in [-0.39, 0.29) is 16.7 Å². The topological polar surface area (TPSA) is 17.1 Å². The standard InChI is InChI=1S/C32H50O/c1-9-11-23-20-32(8)27-18-19-31(7)25(22(4)13-10-12-21(2)3)15-16-26(31)24(27)14-17-28(32)30(5,6)29(23)33/h9,16,21-23,25,28H,1,10-15,17-20H2,2-8H3/t22-,23-,25-,28+,31-,32-/m1/s1. The zero-order chi connectivity index (χ0) is 24.2. The van der Waals surface area contributed by atoms with Crippen molar-refractivity contribution in [2.45, 2.75) is 113 Å². The molecule has 4 rings (SSSR count). The maximum Gasteiger partial charge on any atom is 0.142 e. The van der Waals surface area contributed by atoms with Crippen LogP contribution in [0.4, 0.5) is 0 Å². The van der Waals surface area contributed by atoms with E-state index < -0.39 is 0 Å². The molecule has 0 spiro atoms. The van der Waals surface area contributed by atoms with E-state index >= 15 is 0 Å². The summed E-state index contributed by atoms with van der Waals surface area (Å²) in [6.07, 6.45) is 16.8. The molecule has 1 heteroatoms. The lowest BCUT2D eigenvalue weighted by Crippen LogP contribution is -2.54. The molecule has 0 saturated heterocycles. The van der Waals surface area contributed by atoms with Crippen LogP contribution in [-0.4, -0.2) is 5.78 Å². The van der Waals surface area contributed by atoms with Crippen molar-refractivity contribution in [1.29, 1.82) is 0 Å². The first-order chi connectivity index (χ1) is 15.5. The molecule has 0 amide bonds. The largest absolute Gasteiger partial charge is 0.299 e. The Balaban J connectivity index is 1.62. The first kappa shape index (κ1) is 25.0. The Morgan fingerprint density at radius 2 is 1.82 bits per heavy atom. The van der Waals surface area contributed by atoms with Gasteiger partial charge in [-0.2, -0.15) is 0 Å². The van der Waals surface area contributed by atoms with Crippen molar-refractivity contribution >= 4 is 5.78 Å². The predicted molar refractivity (Wildman–Crippen MR) is 141 cm³/mol. The molecule has 0 N–H and O–H groups in total. The molecule has 1 nitrogen and oxygen atoms in total. The van der Waals surface area contributed by atoms with Gasteiger partial charge in [-0.05, 0) is 90.6 Å². The molecule has 0 aromatic rings. The first-order valence-corrected chi connectivity index (χ1v) is 14.1. The fourth-order valence-corrected chi connectivity index (χ4v) is 9.18. The van der Waals surface area contributed by atoms with Gasteiger partial charge in [-0.15, -0.1) is 6.58 Å². The zero-order valence-corrected chi connectivity index (χ0v) is 22.7. The molecule has 0 aromatic carbocycles. The third kappa shape index (κ3) is 3.94. The number of fused-ring (bicyclic) bond motifs is 4. The number of allylic oxidation sites excluding steroid dienone is 5. The molecule has 0 aromatic heterocycles. The number of Topliss-reactive ketones (excluding diaryl/α,β-unsaturated/α-hetero) is 1. The lowest BCUT2D eigenvalue weighted by atomic mass is 9.45. The second-order valence-electron chi connectivity index (χ2n) is 13.7. The summed E-state index contributed by atoms with van der Waals surface area (Å²) in [5, 5.41) is 0. The Bertz CT molecular complexity index is 854. The maximum atomic E-state index is 13.4. The van der Waals surface area contributed by atoms with E-state index in [4.69, 9.17) is 0 Å². The van der Waals surface area contributed by atoms with Crippen LogP contribution < -0.4 is 0 Å². The molecule has 33 heavy (non-hydrogen) atoms. The van der Waals surface area contributed by atoms with Gasteiger partial charge in [-0.1, -0.05) is 85.5 Å². The van der Waals surface area contributed by atoms with Crippen molar-refractivity contribution in [2.75, 3.05) is 0 Å². The third-order valence-corrected chi connectivity index (χ3v) is 10.9. The summed E-state index contributed by atoms with van der Waals surface area (Å²) in [6, 6.07) is 0. The summed E-state index contributed by atoms with van der Waals surface area (Å²) in [7, 11) is 0. The van der Waals surface area contributed by atoms with Crippen molar-refractivity contribution in [3.63, 3.8) is 0 Å². The minimum Gasteiger partial charge on any atom is -0.299 e. The van der Waals surface area contributed by atoms with Crippen LogP contribution in [0.5, 0.6) is 0 Å². The summed E-state index contributed by atoms with van der Waals surface area (Å²) >= 11 is 0. The van der Waals surface area contributed by atoms with Crippen molar-refractivity contribution in [2.24, 2.45) is 45.8 Å². The second kappa shape index (κ2) is 8.83. The van der Waals surface area contributed by atoms with Crippen molar-refractivity contribution in [3.05, 3.63) is 35.5 Å². The van der Waals surface area contributed by atoms with Gasteiger partial charge >= 0.3 is 0 Å². The number of carbonyl (C=O) groups excluding carboxylic acids is 1. The number of ketones is 1. The maximum absolute atomic E-state index is 13.4. The van der Waals surface area contributed by atoms with Gasteiger partial charge in [0.15, 0.2) is 0 Å². The normalized spacial score (nSPS) is 38.5. The lowest BCUT2D eigenvalue weighted by molar-refractivity contribution is -0.146. The fraction of sp³-hybridized carbons (Fsp3) is 0.781. The summed E-state index contributed by atoms with van der Waals surface area (Å²) < 4.78 is 0. The van der Waals surface area contributed by atoms with Gasteiger partial charge in [-0.3, -0.25) is 4.79 Å². The predicted octanol–water partition coefficient (Wildman–Crippen LogP) is 9.10. The number of hydrogen-bond donors (Lipinski definition) is 0. The van der Waals surface area contributed by atoms with Crippen LogP contribution in [0.15, 0.2) is 35.5 Å². The Morgan fingerprint density at radius 3 is 2.48 bits per heavy atom. The Labute approximate surface area is 204 Å². The quantitative estimate of drug-likeness (QED) is 0.353. The highest BCUT2D eigenvalue weighted by atomic mass is 16.1. The van der Waals surface area contributed by atoms with E-state index in [1.165, 1.54) is 51.4 Å². The lowest BCUT2D eigenvalue weighted by Gasteiger charge is -2.58. The van der Waals surface area contributed by atoms with Gasteiger partial charge in [0, 0.05) is 11.3 Å². The fourth-order valence-electron chi connectivity index (χ4n) is 9.18. The molecule has 4 aliphatic rings. The van der Waals surface area contributed by atoms with E-state index in [1.54, 1.807) is 16.7 Å². The SMILES string of the molecule is C=CC[C@@H]1C[C@]2(C)C3=C(CC[C@H]2C(C)(C)C1=O)C1=CC[C@H]([C@H](C)CCCC(C)C)[C@@]1(C)CC3. The highest BCUT2D eigenvalue weighted by Gasteiger charge is 2.59. The average Bonchev–Trinajstić information content (AvgIpc) is 3.09. The van der Waals surface area contributed by atoms with Crippen LogP contribution in [0.2, 0.25) is 0 Å². The van der Waals surface area contributed by atoms with Crippen molar-refractivity contribution in [3.8, 4) is 0 Å². The Morgan fingerprint density at radius 1 is 1.09 bits per heavy atom. The molecule has 184 valence electrons. The highest BCUT2D eigenvalue weighted by molar-refractivity contribution is 5.88. The van der Waals surface area contributed by atoms with E-state index in [0.717, 1.165) is 30.6 Å². The molecule has 0 unspecified atom stereocenters. The Kier molecular flexibility index (Phi) is 6.69. The molecule has 0 heterocycles. The van der Waals surface area contributed by atoms with Crippen molar-refractivity contribution in [1.82, 2.24) is 0 Å². The van der Waals surface area contributed by atoms with Gasteiger partial charge in [0.25, 0.3) is 0 Å². The Hall–Kier alpha value is -1.11. The minimum atomic E-state index is -0.225. The zero-order valence-electron chi connectivity index (χ0n) is 22.7. The molecular weight excluding hydrogens is 400 g/mol. The minimum absolute atomic E-state index is 0.144. The van der Waals surface area contributed by atoms with Crippen LogP contribution in [0.3, 0.4) is 0 Å². The molecule has 0 radical (unpaired) electrons. The average molecular weight is 451 g/mol. The van der Waals surface area contributed by atoms with Crippen LogP contribution in [0.25, 0.3) is 0 Å². The number of rotatable bonds is 7. The van der Waals surface area contributed by atoms with E-state index in [0.29, 0.717) is 17.1 Å². The van der Waals surface area contributed by atoms with Gasteiger partial charge in [0.2, 0.25) is 0 Å². The van der Waals surface area contributed by atoms with Gasteiger partial charge in [0.05, 0.1) is 0 Å². The van der Waals surface area contributed by atoms with E-state index in [2.05, 4.69) is 61.1 Å². The van der Waals surface area contributed by atoms with Crippen LogP contribution in [0, 0.1) is 45.8 Å². The van der Waals surface area contributed by atoms with Gasteiger partial charge < -0.3 is 0 Å². The number of carbonyl (C=O) groups is 1. The number of hydrogen-bond acceptors (Lipinski definition) is 1. The van der Waals surface area contributed by atoms with E-state index in [1.807, 2.05) is 6.08 Å². The van der Waals surface area contributed by atoms with Crippen molar-refractivity contribution < 1.29 is 4.79 Å². The van der Waals surface area contributed by atoms with E-state index in [9.17, 15) is 4.79 Å². The monoisotopic (exact) mass is 450 g/mol. The molecule has 1 saturated carbocycles. The van der Waals surface area contributed by atoms with Crippen LogP contribution >= 0.6 is 0 Å². The third-order valence-electron chi connectivity index (χ3n) is 10.9. The van der Waals surface area contributed by atoms with Gasteiger partial charge in [0.1, 0.15) is 5.78 Å².